The van der Waals surface area contributed by atoms with Crippen molar-refractivity contribution in [2.24, 2.45) is 5.92 Å². The lowest BCUT2D eigenvalue weighted by atomic mass is 9.93. The minimum atomic E-state index is -0.432. The van der Waals surface area contributed by atoms with Crippen molar-refractivity contribution in [3.63, 3.8) is 0 Å². The second-order valence-electron chi connectivity index (χ2n) is 6.87. The molecule has 3 heterocycles. The lowest BCUT2D eigenvalue weighted by Crippen LogP contribution is -2.51. The van der Waals surface area contributed by atoms with Crippen LogP contribution in [0.15, 0.2) is 0 Å². The third-order valence-corrected chi connectivity index (χ3v) is 5.15. The standard InChI is InChI=1S/C16H27N3O4/c1-17(2)15(21)19-7-3-13(4-8-19)14(20)18-9-5-16(6-10-18)22-11-12-23-16/h13H,3-12H2,1-2H3. The molecule has 3 aliphatic heterocycles. The van der Waals surface area contributed by atoms with E-state index in [9.17, 15) is 9.59 Å². The zero-order chi connectivity index (χ0) is 16.4. The third-order valence-electron chi connectivity index (χ3n) is 5.15. The van der Waals surface area contributed by atoms with E-state index in [2.05, 4.69) is 0 Å². The predicted octanol–water partition coefficient (Wildman–Crippen LogP) is 0.746. The van der Waals surface area contributed by atoms with E-state index in [4.69, 9.17) is 9.47 Å². The van der Waals surface area contributed by atoms with Crippen LogP contribution in [0, 0.1) is 5.92 Å². The fourth-order valence-corrected chi connectivity index (χ4v) is 3.71. The number of ether oxygens (including phenoxy) is 2. The van der Waals surface area contributed by atoms with Crippen LogP contribution in [-0.4, -0.2) is 85.9 Å². The molecule has 0 aromatic heterocycles. The molecule has 7 nitrogen and oxygen atoms in total. The molecule has 23 heavy (non-hydrogen) atoms. The Balaban J connectivity index is 1.47. The van der Waals surface area contributed by atoms with Crippen LogP contribution < -0.4 is 0 Å². The summed E-state index contributed by atoms with van der Waals surface area (Å²) in [4.78, 5) is 30.0. The van der Waals surface area contributed by atoms with Gasteiger partial charge >= 0.3 is 6.03 Å². The van der Waals surface area contributed by atoms with Crippen molar-refractivity contribution in [1.29, 1.82) is 0 Å². The summed E-state index contributed by atoms with van der Waals surface area (Å²) in [5.41, 5.74) is 0. The second kappa shape index (κ2) is 6.65. The third kappa shape index (κ3) is 3.45. The number of carbonyl (C=O) groups excluding carboxylic acids is 2. The van der Waals surface area contributed by atoms with E-state index in [0.717, 1.165) is 25.7 Å². The minimum Gasteiger partial charge on any atom is -0.347 e. The van der Waals surface area contributed by atoms with Gasteiger partial charge in [-0.25, -0.2) is 4.79 Å². The lowest BCUT2D eigenvalue weighted by molar-refractivity contribution is -0.188. The number of amides is 3. The van der Waals surface area contributed by atoms with Crippen molar-refractivity contribution in [3.8, 4) is 0 Å². The highest BCUT2D eigenvalue weighted by atomic mass is 16.7. The number of carbonyl (C=O) groups is 2. The zero-order valence-electron chi connectivity index (χ0n) is 14.1. The van der Waals surface area contributed by atoms with Crippen LogP contribution in [0.5, 0.6) is 0 Å². The number of likely N-dealkylation sites (tertiary alicyclic amines) is 2. The first-order valence-corrected chi connectivity index (χ1v) is 8.54. The van der Waals surface area contributed by atoms with Crippen LogP contribution in [0.2, 0.25) is 0 Å². The Labute approximate surface area is 137 Å². The Kier molecular flexibility index (Phi) is 4.77. The number of nitrogens with zero attached hydrogens (tertiary/aromatic N) is 3. The largest absolute Gasteiger partial charge is 0.347 e. The monoisotopic (exact) mass is 325 g/mol. The van der Waals surface area contributed by atoms with E-state index in [1.807, 2.05) is 9.80 Å². The Morgan fingerprint density at radius 3 is 2.04 bits per heavy atom. The smallest absolute Gasteiger partial charge is 0.319 e. The van der Waals surface area contributed by atoms with Crippen molar-refractivity contribution in [2.75, 3.05) is 53.5 Å². The Morgan fingerprint density at radius 2 is 1.52 bits per heavy atom. The van der Waals surface area contributed by atoms with Crippen molar-refractivity contribution in [1.82, 2.24) is 14.7 Å². The molecule has 0 N–H and O–H groups in total. The van der Waals surface area contributed by atoms with Crippen molar-refractivity contribution < 1.29 is 19.1 Å². The molecular formula is C16H27N3O4. The summed E-state index contributed by atoms with van der Waals surface area (Å²) >= 11 is 0. The van der Waals surface area contributed by atoms with E-state index in [-0.39, 0.29) is 17.9 Å². The SMILES string of the molecule is CN(C)C(=O)N1CCC(C(=O)N2CCC3(CC2)OCCO3)CC1. The van der Waals surface area contributed by atoms with Crippen LogP contribution in [0.1, 0.15) is 25.7 Å². The molecule has 3 rings (SSSR count). The first-order chi connectivity index (χ1) is 11.0. The molecule has 0 aliphatic carbocycles. The number of piperidine rings is 2. The van der Waals surface area contributed by atoms with E-state index < -0.39 is 5.79 Å². The quantitative estimate of drug-likeness (QED) is 0.714. The number of rotatable bonds is 1. The predicted molar refractivity (Wildman–Crippen MR) is 83.8 cm³/mol. The molecule has 0 saturated carbocycles. The Bertz CT molecular complexity index is 444. The van der Waals surface area contributed by atoms with Crippen LogP contribution in [0.3, 0.4) is 0 Å². The van der Waals surface area contributed by atoms with Crippen LogP contribution in [-0.2, 0) is 14.3 Å². The molecule has 0 aromatic carbocycles. The summed E-state index contributed by atoms with van der Waals surface area (Å²) in [5.74, 6) is -0.159. The van der Waals surface area contributed by atoms with Crippen molar-refractivity contribution in [2.45, 2.75) is 31.5 Å². The highest BCUT2D eigenvalue weighted by Gasteiger charge is 2.42. The summed E-state index contributed by atoms with van der Waals surface area (Å²) in [6.45, 7) is 4.05. The van der Waals surface area contributed by atoms with Crippen LogP contribution in [0.4, 0.5) is 4.79 Å². The van der Waals surface area contributed by atoms with E-state index >= 15 is 0 Å². The normalized spacial score (nSPS) is 25.0. The maximum Gasteiger partial charge on any atom is 0.319 e. The maximum absolute atomic E-state index is 12.7. The Hall–Kier alpha value is -1.34. The van der Waals surface area contributed by atoms with Gasteiger partial charge in [0.1, 0.15) is 0 Å². The molecule has 3 amide bonds. The van der Waals surface area contributed by atoms with Crippen molar-refractivity contribution in [3.05, 3.63) is 0 Å². The molecule has 0 atom stereocenters. The molecular weight excluding hydrogens is 298 g/mol. The van der Waals surface area contributed by atoms with Crippen LogP contribution >= 0.6 is 0 Å². The van der Waals surface area contributed by atoms with Gasteiger partial charge in [0.2, 0.25) is 5.91 Å². The molecule has 0 radical (unpaired) electrons. The molecule has 0 unspecified atom stereocenters. The van der Waals surface area contributed by atoms with Gasteiger partial charge in [-0.3, -0.25) is 4.79 Å². The zero-order valence-corrected chi connectivity index (χ0v) is 14.1. The molecule has 130 valence electrons. The molecule has 1 spiro atoms. The number of hydrogen-bond acceptors (Lipinski definition) is 4. The summed E-state index contributed by atoms with van der Waals surface area (Å²) in [5, 5.41) is 0. The number of hydrogen-bond donors (Lipinski definition) is 0. The molecule has 0 bridgehead atoms. The molecule has 7 heteroatoms. The van der Waals surface area contributed by atoms with Gasteiger partial charge in [0.05, 0.1) is 13.2 Å². The summed E-state index contributed by atoms with van der Waals surface area (Å²) < 4.78 is 11.4. The van der Waals surface area contributed by atoms with E-state index in [1.165, 1.54) is 0 Å². The maximum atomic E-state index is 12.7. The van der Waals surface area contributed by atoms with Gasteiger partial charge in [-0.05, 0) is 12.8 Å². The summed E-state index contributed by atoms with van der Waals surface area (Å²) in [7, 11) is 3.52. The summed E-state index contributed by atoms with van der Waals surface area (Å²) in [6, 6.07) is 0.0337. The topological polar surface area (TPSA) is 62.3 Å². The minimum absolute atomic E-state index is 0.0337. The highest BCUT2D eigenvalue weighted by molar-refractivity contribution is 5.80. The average molecular weight is 325 g/mol. The highest BCUT2D eigenvalue weighted by Crippen LogP contribution is 2.32. The molecule has 3 saturated heterocycles. The van der Waals surface area contributed by atoms with Crippen molar-refractivity contribution >= 4 is 11.9 Å². The molecule has 0 aromatic rings. The van der Waals surface area contributed by atoms with Gasteiger partial charge in [-0.1, -0.05) is 0 Å². The van der Waals surface area contributed by atoms with Gasteiger partial charge in [-0.15, -0.1) is 0 Å². The van der Waals surface area contributed by atoms with Gasteiger partial charge in [-0.2, -0.15) is 0 Å². The first kappa shape index (κ1) is 16.5. The molecule has 3 fully saturated rings. The van der Waals surface area contributed by atoms with Gasteiger partial charge < -0.3 is 24.2 Å². The first-order valence-electron chi connectivity index (χ1n) is 8.54. The fraction of sp³-hybridized carbons (Fsp3) is 0.875. The Morgan fingerprint density at radius 1 is 0.957 bits per heavy atom. The summed E-state index contributed by atoms with van der Waals surface area (Å²) in [6.07, 6.45) is 3.04. The van der Waals surface area contributed by atoms with Gasteiger partial charge in [0.25, 0.3) is 0 Å². The second-order valence-corrected chi connectivity index (χ2v) is 6.87. The van der Waals surface area contributed by atoms with E-state index in [0.29, 0.717) is 39.4 Å². The lowest BCUT2D eigenvalue weighted by Gasteiger charge is -2.40. The van der Waals surface area contributed by atoms with Crippen LogP contribution in [0.25, 0.3) is 0 Å². The molecule has 3 aliphatic rings. The van der Waals surface area contributed by atoms with E-state index in [1.54, 1.807) is 19.0 Å². The van der Waals surface area contributed by atoms with Gasteiger partial charge in [0, 0.05) is 59.0 Å². The average Bonchev–Trinajstić information content (AvgIpc) is 3.02. The number of urea groups is 1. The fourth-order valence-electron chi connectivity index (χ4n) is 3.71. The van der Waals surface area contributed by atoms with Gasteiger partial charge in [0.15, 0.2) is 5.79 Å².